The maximum atomic E-state index is 12.5. The smallest absolute Gasteiger partial charge is 0.322 e. The lowest BCUT2D eigenvalue weighted by molar-refractivity contribution is -0.125. The van der Waals surface area contributed by atoms with Gasteiger partial charge in [0.2, 0.25) is 5.91 Å². The van der Waals surface area contributed by atoms with Gasteiger partial charge in [-0.1, -0.05) is 56.3 Å². The van der Waals surface area contributed by atoms with Gasteiger partial charge in [0.1, 0.15) is 5.54 Å². The first-order valence-electron chi connectivity index (χ1n) is 8.99. The molecule has 1 saturated heterocycles. The topological polar surface area (TPSA) is 87.3 Å². The molecule has 4 amide bonds. The van der Waals surface area contributed by atoms with Gasteiger partial charge in [0.25, 0.3) is 5.91 Å². The first-order chi connectivity index (χ1) is 12.9. The number of rotatable bonds is 6. The fourth-order valence-electron chi connectivity index (χ4n) is 3.21. The van der Waals surface area contributed by atoms with Gasteiger partial charge in [-0.2, -0.15) is 0 Å². The van der Waals surface area contributed by atoms with Gasteiger partial charge in [-0.25, -0.2) is 4.79 Å². The van der Waals surface area contributed by atoms with E-state index in [9.17, 15) is 14.4 Å². The largest absolute Gasteiger partial charge is 0.326 e. The van der Waals surface area contributed by atoms with E-state index in [2.05, 4.69) is 29.8 Å². The zero-order chi connectivity index (χ0) is 19.4. The van der Waals surface area contributed by atoms with Crippen LogP contribution in [0.25, 0.3) is 0 Å². The maximum absolute atomic E-state index is 12.5. The Morgan fingerprint density at radius 2 is 1.70 bits per heavy atom. The number of anilines is 1. The van der Waals surface area contributed by atoms with E-state index >= 15 is 0 Å². The molecule has 0 saturated carbocycles. The molecule has 0 aliphatic carbocycles. The van der Waals surface area contributed by atoms with E-state index in [0.29, 0.717) is 17.2 Å². The van der Waals surface area contributed by atoms with Crippen molar-refractivity contribution in [2.75, 3.05) is 5.32 Å². The number of nitrogens with one attached hydrogen (secondary N) is 3. The summed E-state index contributed by atoms with van der Waals surface area (Å²) in [6.45, 7) is 4.22. The second-order valence-corrected chi connectivity index (χ2v) is 7.00. The van der Waals surface area contributed by atoms with Crippen LogP contribution in [0, 0.1) is 0 Å². The molecule has 1 aliphatic heterocycles. The second-order valence-electron chi connectivity index (χ2n) is 7.00. The van der Waals surface area contributed by atoms with E-state index in [0.717, 1.165) is 0 Å². The molecule has 2 aromatic rings. The molecule has 140 valence electrons. The summed E-state index contributed by atoms with van der Waals surface area (Å²) in [5.74, 6) is -0.227. The van der Waals surface area contributed by atoms with E-state index in [4.69, 9.17) is 0 Å². The van der Waals surface area contributed by atoms with Crippen LogP contribution < -0.4 is 16.0 Å². The molecule has 0 spiro atoms. The van der Waals surface area contributed by atoms with Crippen molar-refractivity contribution in [2.24, 2.45) is 0 Å². The van der Waals surface area contributed by atoms with Crippen molar-refractivity contribution in [1.82, 2.24) is 10.6 Å². The van der Waals surface area contributed by atoms with Gasteiger partial charge in [0.15, 0.2) is 0 Å². The van der Waals surface area contributed by atoms with Crippen molar-refractivity contribution >= 4 is 23.5 Å². The minimum Gasteiger partial charge on any atom is -0.326 e. The molecule has 6 heteroatoms. The van der Waals surface area contributed by atoms with E-state index < -0.39 is 17.5 Å². The second kappa shape index (κ2) is 7.61. The predicted octanol–water partition coefficient (Wildman–Crippen LogP) is 3.26. The third-order valence-electron chi connectivity index (χ3n) is 4.80. The molecule has 0 bridgehead atoms. The molecule has 1 atom stereocenters. The highest BCUT2D eigenvalue weighted by Gasteiger charge is 2.47. The molecule has 2 aromatic carbocycles. The molecule has 1 aliphatic rings. The fraction of sp³-hybridized carbons (Fsp3) is 0.286. The summed E-state index contributed by atoms with van der Waals surface area (Å²) in [4.78, 5) is 36.6. The van der Waals surface area contributed by atoms with E-state index in [-0.39, 0.29) is 18.7 Å². The van der Waals surface area contributed by atoms with Crippen molar-refractivity contribution in [3.05, 3.63) is 65.7 Å². The summed E-state index contributed by atoms with van der Waals surface area (Å²) in [5.41, 5.74) is 1.33. The summed E-state index contributed by atoms with van der Waals surface area (Å²) in [6.07, 6.45) is 0.263. The number of benzene rings is 2. The Labute approximate surface area is 158 Å². The van der Waals surface area contributed by atoms with Gasteiger partial charge >= 0.3 is 6.03 Å². The molecule has 0 aromatic heterocycles. The van der Waals surface area contributed by atoms with Gasteiger partial charge in [0.05, 0.1) is 0 Å². The van der Waals surface area contributed by atoms with Crippen LogP contribution in [0.1, 0.15) is 43.7 Å². The molecular weight excluding hydrogens is 342 g/mol. The third kappa shape index (κ3) is 4.00. The van der Waals surface area contributed by atoms with E-state index in [1.165, 1.54) is 5.56 Å². The number of carbonyl (C=O) groups is 3. The minimum absolute atomic E-state index is 0.0918. The Kier molecular flexibility index (Phi) is 5.26. The number of carbonyl (C=O) groups excluding carboxylic acids is 3. The quantitative estimate of drug-likeness (QED) is 0.687. The maximum Gasteiger partial charge on any atom is 0.322 e. The standard InChI is InChI=1S/C21H23N3O3/c1-14(2)15-8-10-17(11-9-15)22-18(25)12-13-21(16-6-4-3-5-7-16)19(26)23-20(27)24-21/h3-11,14H,12-13H2,1-2H3,(H,22,25)(H2,23,24,26,27). The van der Waals surface area contributed by atoms with Crippen molar-refractivity contribution in [1.29, 1.82) is 0 Å². The summed E-state index contributed by atoms with van der Waals surface area (Å²) >= 11 is 0. The van der Waals surface area contributed by atoms with Crippen LogP contribution in [0.4, 0.5) is 10.5 Å². The van der Waals surface area contributed by atoms with Crippen LogP contribution in [0.3, 0.4) is 0 Å². The van der Waals surface area contributed by atoms with Crippen LogP contribution in [0.15, 0.2) is 54.6 Å². The zero-order valence-electron chi connectivity index (χ0n) is 15.4. The number of hydrogen-bond acceptors (Lipinski definition) is 3. The molecule has 3 N–H and O–H groups in total. The molecule has 6 nitrogen and oxygen atoms in total. The van der Waals surface area contributed by atoms with Crippen LogP contribution in [0.2, 0.25) is 0 Å². The van der Waals surface area contributed by atoms with Gasteiger partial charge in [-0.3, -0.25) is 14.9 Å². The van der Waals surface area contributed by atoms with Crippen molar-refractivity contribution in [2.45, 2.75) is 38.1 Å². The number of urea groups is 1. The highest BCUT2D eigenvalue weighted by Crippen LogP contribution is 2.30. The molecule has 3 rings (SSSR count). The Balaban J connectivity index is 1.70. The number of amides is 4. The van der Waals surface area contributed by atoms with Gasteiger partial charge in [-0.05, 0) is 35.6 Å². The van der Waals surface area contributed by atoms with Gasteiger partial charge in [-0.15, -0.1) is 0 Å². The predicted molar refractivity (Wildman–Crippen MR) is 103 cm³/mol. The third-order valence-corrected chi connectivity index (χ3v) is 4.80. The van der Waals surface area contributed by atoms with Crippen molar-refractivity contribution < 1.29 is 14.4 Å². The van der Waals surface area contributed by atoms with Crippen LogP contribution in [-0.4, -0.2) is 17.8 Å². The molecule has 1 heterocycles. The highest BCUT2D eigenvalue weighted by molar-refractivity contribution is 6.07. The molecule has 0 radical (unpaired) electrons. The lowest BCUT2D eigenvalue weighted by atomic mass is 9.85. The minimum atomic E-state index is -1.23. The van der Waals surface area contributed by atoms with Crippen LogP contribution in [-0.2, 0) is 15.1 Å². The molecule has 1 unspecified atom stereocenters. The van der Waals surface area contributed by atoms with Crippen LogP contribution in [0.5, 0.6) is 0 Å². The molecule has 27 heavy (non-hydrogen) atoms. The molecule has 1 fully saturated rings. The normalized spacial score (nSPS) is 18.9. The van der Waals surface area contributed by atoms with Crippen molar-refractivity contribution in [3.63, 3.8) is 0 Å². The SMILES string of the molecule is CC(C)c1ccc(NC(=O)CCC2(c3ccccc3)NC(=O)NC2=O)cc1. The van der Waals surface area contributed by atoms with Gasteiger partial charge < -0.3 is 10.6 Å². The number of imide groups is 1. The average molecular weight is 365 g/mol. The zero-order valence-corrected chi connectivity index (χ0v) is 15.4. The van der Waals surface area contributed by atoms with Gasteiger partial charge in [0, 0.05) is 12.1 Å². The fourth-order valence-corrected chi connectivity index (χ4v) is 3.21. The van der Waals surface area contributed by atoms with Crippen LogP contribution >= 0.6 is 0 Å². The summed E-state index contributed by atoms with van der Waals surface area (Å²) in [7, 11) is 0. The van der Waals surface area contributed by atoms with E-state index in [1.54, 1.807) is 24.3 Å². The van der Waals surface area contributed by atoms with Crippen molar-refractivity contribution in [3.8, 4) is 0 Å². The number of hydrogen-bond donors (Lipinski definition) is 3. The summed E-state index contributed by atoms with van der Waals surface area (Å²) in [5, 5.41) is 7.81. The summed E-state index contributed by atoms with van der Waals surface area (Å²) < 4.78 is 0. The summed E-state index contributed by atoms with van der Waals surface area (Å²) in [6, 6.07) is 16.1. The lowest BCUT2D eigenvalue weighted by Crippen LogP contribution is -2.44. The lowest BCUT2D eigenvalue weighted by Gasteiger charge is -2.26. The Morgan fingerprint density at radius 1 is 1.04 bits per heavy atom. The first kappa shape index (κ1) is 18.6. The molecular formula is C21H23N3O3. The average Bonchev–Trinajstić information content (AvgIpc) is 2.95. The van der Waals surface area contributed by atoms with E-state index in [1.807, 2.05) is 30.3 Å². The highest BCUT2D eigenvalue weighted by atomic mass is 16.2. The Morgan fingerprint density at radius 3 is 2.26 bits per heavy atom. The Hall–Kier alpha value is -3.15. The monoisotopic (exact) mass is 365 g/mol. The first-order valence-corrected chi connectivity index (χ1v) is 8.99. The Bertz CT molecular complexity index is 847.